The van der Waals surface area contributed by atoms with Crippen LogP contribution in [0.15, 0.2) is 16.9 Å². The van der Waals surface area contributed by atoms with Crippen LogP contribution in [0, 0.1) is 0 Å². The molecule has 6 heteroatoms. The number of hydrogen-bond acceptors (Lipinski definition) is 5. The summed E-state index contributed by atoms with van der Waals surface area (Å²) in [5.74, 6) is 1.79. The second-order valence-electron chi connectivity index (χ2n) is 4.98. The quantitative estimate of drug-likeness (QED) is 0.869. The van der Waals surface area contributed by atoms with Gasteiger partial charge in [0, 0.05) is 25.0 Å². The highest BCUT2D eigenvalue weighted by molar-refractivity contribution is 5.42. The lowest BCUT2D eigenvalue weighted by Crippen LogP contribution is -2.35. The van der Waals surface area contributed by atoms with Crippen LogP contribution in [-0.2, 0) is 13.6 Å². The van der Waals surface area contributed by atoms with Crippen LogP contribution in [0.1, 0.15) is 26.7 Å². The van der Waals surface area contributed by atoms with Gasteiger partial charge in [-0.1, -0.05) is 5.16 Å². The third-order valence-corrected chi connectivity index (χ3v) is 2.26. The topological polar surface area (TPSA) is 68.8 Å². The van der Waals surface area contributed by atoms with Crippen molar-refractivity contribution in [3.8, 4) is 11.6 Å². The zero-order valence-corrected chi connectivity index (χ0v) is 10.6. The lowest BCUT2D eigenvalue weighted by atomic mass is 10.1. The number of aryl methyl sites for hydroxylation is 1. The first-order chi connectivity index (χ1) is 7.96. The van der Waals surface area contributed by atoms with Gasteiger partial charge in [-0.3, -0.25) is 0 Å². The van der Waals surface area contributed by atoms with E-state index in [2.05, 4.69) is 41.2 Å². The van der Waals surface area contributed by atoms with Crippen molar-refractivity contribution in [2.75, 3.05) is 0 Å². The summed E-state index contributed by atoms with van der Waals surface area (Å²) in [7, 11) is 1.89. The Morgan fingerprint density at radius 1 is 1.41 bits per heavy atom. The minimum atomic E-state index is 0.0257. The standard InChI is InChI=1S/C11H17N5O/c1-11(2,3)13-7-8-14-9(15-17-8)10-12-5-6-16(10)4/h5-6,13H,7H2,1-4H3. The Morgan fingerprint density at radius 2 is 2.18 bits per heavy atom. The predicted molar refractivity (Wildman–Crippen MR) is 63.1 cm³/mol. The largest absolute Gasteiger partial charge is 0.337 e. The summed E-state index contributed by atoms with van der Waals surface area (Å²) in [4.78, 5) is 8.46. The van der Waals surface area contributed by atoms with E-state index in [0.717, 1.165) is 0 Å². The molecule has 2 rings (SSSR count). The van der Waals surface area contributed by atoms with Gasteiger partial charge in [-0.05, 0) is 20.8 Å². The third-order valence-electron chi connectivity index (χ3n) is 2.26. The molecule has 0 aromatic carbocycles. The summed E-state index contributed by atoms with van der Waals surface area (Å²) in [6.07, 6.45) is 3.55. The van der Waals surface area contributed by atoms with Gasteiger partial charge in [0.05, 0.1) is 6.54 Å². The average molecular weight is 235 g/mol. The Bertz CT molecular complexity index is 494. The molecule has 2 heterocycles. The highest BCUT2D eigenvalue weighted by Crippen LogP contribution is 2.12. The molecule has 92 valence electrons. The zero-order valence-electron chi connectivity index (χ0n) is 10.6. The number of rotatable bonds is 3. The molecule has 0 spiro atoms. The monoisotopic (exact) mass is 235 g/mol. The van der Waals surface area contributed by atoms with Crippen molar-refractivity contribution < 1.29 is 4.52 Å². The molecule has 0 aliphatic heterocycles. The van der Waals surface area contributed by atoms with E-state index in [0.29, 0.717) is 24.1 Å². The van der Waals surface area contributed by atoms with Crippen LogP contribution < -0.4 is 5.32 Å². The lowest BCUT2D eigenvalue weighted by molar-refractivity contribution is 0.336. The second kappa shape index (κ2) is 4.29. The third kappa shape index (κ3) is 2.91. The molecule has 17 heavy (non-hydrogen) atoms. The molecule has 0 aliphatic rings. The van der Waals surface area contributed by atoms with E-state index in [1.165, 1.54) is 0 Å². The molecule has 0 unspecified atom stereocenters. The molecule has 0 saturated carbocycles. The lowest BCUT2D eigenvalue weighted by Gasteiger charge is -2.18. The number of nitrogens with one attached hydrogen (secondary N) is 1. The predicted octanol–water partition coefficient (Wildman–Crippen LogP) is 1.36. The maximum Gasteiger partial charge on any atom is 0.241 e. The van der Waals surface area contributed by atoms with E-state index in [9.17, 15) is 0 Å². The summed E-state index contributed by atoms with van der Waals surface area (Å²) >= 11 is 0. The van der Waals surface area contributed by atoms with Crippen LogP contribution in [0.3, 0.4) is 0 Å². The Kier molecular flexibility index (Phi) is 2.97. The summed E-state index contributed by atoms with van der Waals surface area (Å²) in [6, 6.07) is 0. The van der Waals surface area contributed by atoms with Crippen LogP contribution >= 0.6 is 0 Å². The van der Waals surface area contributed by atoms with Crippen molar-refractivity contribution in [1.29, 1.82) is 0 Å². The minimum absolute atomic E-state index is 0.0257. The first kappa shape index (κ1) is 11.8. The van der Waals surface area contributed by atoms with E-state index in [1.807, 2.05) is 17.8 Å². The zero-order chi connectivity index (χ0) is 12.5. The molecule has 0 saturated heterocycles. The van der Waals surface area contributed by atoms with Gasteiger partial charge >= 0.3 is 0 Å². The Labute approximate surface area is 100 Å². The molecule has 0 bridgehead atoms. The minimum Gasteiger partial charge on any atom is -0.337 e. The van der Waals surface area contributed by atoms with E-state index < -0.39 is 0 Å². The highest BCUT2D eigenvalue weighted by Gasteiger charge is 2.14. The van der Waals surface area contributed by atoms with Crippen molar-refractivity contribution in [1.82, 2.24) is 25.0 Å². The number of imidazole rings is 1. The summed E-state index contributed by atoms with van der Waals surface area (Å²) in [5, 5.41) is 7.20. The summed E-state index contributed by atoms with van der Waals surface area (Å²) in [6.45, 7) is 6.82. The fraction of sp³-hybridized carbons (Fsp3) is 0.545. The molecule has 2 aromatic rings. The van der Waals surface area contributed by atoms with Gasteiger partial charge in [0.25, 0.3) is 0 Å². The maximum atomic E-state index is 5.16. The van der Waals surface area contributed by atoms with Gasteiger partial charge in [-0.25, -0.2) is 4.98 Å². The SMILES string of the molecule is Cn1ccnc1-c1noc(CNC(C)(C)C)n1. The second-order valence-corrected chi connectivity index (χ2v) is 4.98. The van der Waals surface area contributed by atoms with E-state index in [1.54, 1.807) is 6.20 Å². The molecule has 0 atom stereocenters. The Balaban J connectivity index is 2.09. The van der Waals surface area contributed by atoms with Gasteiger partial charge in [-0.15, -0.1) is 0 Å². The number of nitrogens with zero attached hydrogens (tertiary/aromatic N) is 4. The smallest absolute Gasteiger partial charge is 0.241 e. The van der Waals surface area contributed by atoms with Gasteiger partial charge in [0.1, 0.15) is 0 Å². The molecule has 0 amide bonds. The van der Waals surface area contributed by atoms with Gasteiger partial charge < -0.3 is 14.4 Å². The maximum absolute atomic E-state index is 5.16. The highest BCUT2D eigenvalue weighted by atomic mass is 16.5. The van der Waals surface area contributed by atoms with Crippen LogP contribution in [0.4, 0.5) is 0 Å². The Hall–Kier alpha value is -1.69. The van der Waals surface area contributed by atoms with E-state index >= 15 is 0 Å². The first-order valence-electron chi connectivity index (χ1n) is 5.51. The van der Waals surface area contributed by atoms with Crippen LogP contribution in [0.5, 0.6) is 0 Å². The molecule has 0 fully saturated rings. The van der Waals surface area contributed by atoms with Crippen molar-refractivity contribution in [3.63, 3.8) is 0 Å². The van der Waals surface area contributed by atoms with Gasteiger partial charge in [0.15, 0.2) is 5.82 Å². The first-order valence-corrected chi connectivity index (χ1v) is 5.51. The van der Waals surface area contributed by atoms with Crippen LogP contribution in [0.25, 0.3) is 11.6 Å². The van der Waals surface area contributed by atoms with Crippen LogP contribution in [0.2, 0.25) is 0 Å². The molecule has 2 aromatic heterocycles. The fourth-order valence-corrected chi connectivity index (χ4v) is 1.34. The summed E-state index contributed by atoms with van der Waals surface area (Å²) in [5.41, 5.74) is 0.0257. The average Bonchev–Trinajstić information content (AvgIpc) is 2.81. The van der Waals surface area contributed by atoms with Crippen molar-refractivity contribution in [2.45, 2.75) is 32.9 Å². The normalized spacial score (nSPS) is 12.0. The van der Waals surface area contributed by atoms with Crippen molar-refractivity contribution in [2.24, 2.45) is 7.05 Å². The van der Waals surface area contributed by atoms with Crippen molar-refractivity contribution in [3.05, 3.63) is 18.3 Å². The molecular weight excluding hydrogens is 218 g/mol. The Morgan fingerprint density at radius 3 is 2.76 bits per heavy atom. The molecule has 6 nitrogen and oxygen atoms in total. The molecular formula is C11H17N5O. The van der Waals surface area contributed by atoms with E-state index in [-0.39, 0.29) is 5.54 Å². The van der Waals surface area contributed by atoms with Gasteiger partial charge in [-0.2, -0.15) is 4.98 Å². The van der Waals surface area contributed by atoms with Crippen molar-refractivity contribution >= 4 is 0 Å². The van der Waals surface area contributed by atoms with Gasteiger partial charge in [0.2, 0.25) is 11.7 Å². The number of aromatic nitrogens is 4. The van der Waals surface area contributed by atoms with Crippen LogP contribution in [-0.4, -0.2) is 25.2 Å². The van der Waals surface area contributed by atoms with E-state index in [4.69, 9.17) is 4.52 Å². The number of hydrogen-bond donors (Lipinski definition) is 1. The fourth-order valence-electron chi connectivity index (χ4n) is 1.34. The molecule has 0 aliphatic carbocycles. The molecule has 1 N–H and O–H groups in total. The summed E-state index contributed by atoms with van der Waals surface area (Å²) < 4.78 is 7.01. The molecule has 0 radical (unpaired) electrons.